The molecule has 0 bridgehead atoms. The van der Waals surface area contributed by atoms with Crippen molar-refractivity contribution in [2.24, 2.45) is 0 Å². The van der Waals surface area contributed by atoms with Crippen molar-refractivity contribution < 1.29 is 18.0 Å². The number of anilines is 1. The van der Waals surface area contributed by atoms with Gasteiger partial charge in [0.2, 0.25) is 11.7 Å². The minimum absolute atomic E-state index is 0.00387. The van der Waals surface area contributed by atoms with E-state index in [1.54, 1.807) is 0 Å². The van der Waals surface area contributed by atoms with Crippen molar-refractivity contribution in [3.8, 4) is 0 Å². The van der Waals surface area contributed by atoms with Crippen LogP contribution in [0.25, 0.3) is 10.9 Å². The molecular weight excluding hydrogens is 301 g/mol. The molecule has 9 heteroatoms. The lowest BCUT2D eigenvalue weighted by atomic mass is 10.2. The second-order valence-electron chi connectivity index (χ2n) is 4.65. The summed E-state index contributed by atoms with van der Waals surface area (Å²) >= 11 is 0. The van der Waals surface area contributed by atoms with Gasteiger partial charge in [0.05, 0.1) is 10.9 Å². The van der Waals surface area contributed by atoms with Crippen molar-refractivity contribution >= 4 is 22.5 Å². The van der Waals surface area contributed by atoms with Crippen LogP contribution in [0.2, 0.25) is 0 Å². The third-order valence-corrected chi connectivity index (χ3v) is 2.94. The van der Waals surface area contributed by atoms with Gasteiger partial charge in [-0.3, -0.25) is 14.2 Å². The van der Waals surface area contributed by atoms with Gasteiger partial charge in [0.15, 0.2) is 0 Å². The van der Waals surface area contributed by atoms with E-state index in [-0.39, 0.29) is 29.7 Å². The van der Waals surface area contributed by atoms with Gasteiger partial charge in [-0.15, -0.1) is 0 Å². The highest BCUT2D eigenvalue weighted by atomic mass is 19.4. The summed E-state index contributed by atoms with van der Waals surface area (Å²) in [5, 5.41) is 2.34. The van der Waals surface area contributed by atoms with E-state index in [2.05, 4.69) is 10.3 Å². The minimum Gasteiger partial charge on any atom is -0.399 e. The van der Waals surface area contributed by atoms with E-state index in [1.165, 1.54) is 25.1 Å². The largest absolute Gasteiger partial charge is 0.449 e. The highest BCUT2D eigenvalue weighted by Crippen LogP contribution is 2.28. The Morgan fingerprint density at radius 1 is 1.41 bits per heavy atom. The number of benzene rings is 1. The van der Waals surface area contributed by atoms with E-state index < -0.39 is 23.5 Å². The summed E-state index contributed by atoms with van der Waals surface area (Å²) in [5.74, 6) is -1.71. The second-order valence-corrected chi connectivity index (χ2v) is 4.65. The van der Waals surface area contributed by atoms with E-state index >= 15 is 0 Å². The number of halogens is 3. The van der Waals surface area contributed by atoms with Crippen molar-refractivity contribution in [2.75, 3.05) is 12.3 Å². The van der Waals surface area contributed by atoms with Crippen LogP contribution in [-0.2, 0) is 17.5 Å². The summed E-state index contributed by atoms with van der Waals surface area (Å²) in [5.41, 5.74) is 4.87. The Morgan fingerprint density at radius 2 is 2.09 bits per heavy atom. The van der Waals surface area contributed by atoms with Gasteiger partial charge < -0.3 is 11.1 Å². The molecule has 1 aromatic carbocycles. The fraction of sp³-hybridized carbons (Fsp3) is 0.308. The zero-order chi connectivity index (χ0) is 16.5. The summed E-state index contributed by atoms with van der Waals surface area (Å²) in [6, 6.07) is 3.91. The fourth-order valence-corrected chi connectivity index (χ4v) is 2.01. The molecule has 0 saturated heterocycles. The van der Waals surface area contributed by atoms with E-state index in [1.807, 2.05) is 0 Å². The van der Waals surface area contributed by atoms with Gasteiger partial charge in [0.1, 0.15) is 0 Å². The van der Waals surface area contributed by atoms with Crippen LogP contribution >= 0.6 is 0 Å². The number of nitrogens with zero attached hydrogens (tertiary/aromatic N) is 2. The van der Waals surface area contributed by atoms with Gasteiger partial charge in [-0.2, -0.15) is 13.2 Å². The van der Waals surface area contributed by atoms with Gasteiger partial charge >= 0.3 is 6.18 Å². The molecule has 1 amide bonds. The number of rotatable bonds is 3. The molecule has 1 heterocycles. The Labute approximate surface area is 122 Å². The number of nitrogens with two attached hydrogens (primary N) is 1. The highest BCUT2D eigenvalue weighted by Gasteiger charge is 2.37. The molecule has 0 aliphatic rings. The molecule has 0 aliphatic carbocycles. The first-order valence-electron chi connectivity index (χ1n) is 6.32. The number of carbonyl (C=O) groups excluding carboxylic acids is 1. The van der Waals surface area contributed by atoms with Crippen LogP contribution in [0.5, 0.6) is 0 Å². The Morgan fingerprint density at radius 3 is 2.68 bits per heavy atom. The summed E-state index contributed by atoms with van der Waals surface area (Å²) in [7, 11) is 0. The monoisotopic (exact) mass is 314 g/mol. The summed E-state index contributed by atoms with van der Waals surface area (Å²) < 4.78 is 39.8. The number of nitrogens with one attached hydrogen (secondary N) is 1. The predicted octanol–water partition coefficient (Wildman–Crippen LogP) is 1.13. The van der Waals surface area contributed by atoms with Crippen LogP contribution in [0.3, 0.4) is 0 Å². The first-order chi connectivity index (χ1) is 10.2. The number of hydrogen-bond acceptors (Lipinski definition) is 4. The summed E-state index contributed by atoms with van der Waals surface area (Å²) in [6.07, 6.45) is -4.79. The average molecular weight is 314 g/mol. The minimum atomic E-state index is -4.79. The number of carbonyl (C=O) groups is 1. The van der Waals surface area contributed by atoms with Gasteiger partial charge in [0.25, 0.3) is 5.56 Å². The molecule has 2 aromatic rings. The highest BCUT2D eigenvalue weighted by molar-refractivity contribution is 5.81. The van der Waals surface area contributed by atoms with E-state index in [9.17, 15) is 22.8 Å². The average Bonchev–Trinajstić information content (AvgIpc) is 2.40. The van der Waals surface area contributed by atoms with Gasteiger partial charge in [-0.1, -0.05) is 0 Å². The zero-order valence-electron chi connectivity index (χ0n) is 11.6. The molecule has 0 aliphatic heterocycles. The second kappa shape index (κ2) is 5.66. The third kappa shape index (κ3) is 3.18. The smallest absolute Gasteiger partial charge is 0.399 e. The summed E-state index contributed by atoms with van der Waals surface area (Å²) in [6.45, 7) is 0.769. The number of hydrogen-bond donors (Lipinski definition) is 2. The molecule has 0 unspecified atom stereocenters. The summed E-state index contributed by atoms with van der Waals surface area (Å²) in [4.78, 5) is 26.6. The maximum absolute atomic E-state index is 13.1. The third-order valence-electron chi connectivity index (χ3n) is 2.94. The first kappa shape index (κ1) is 15.8. The Balaban J connectivity index is 2.61. The maximum Gasteiger partial charge on any atom is 0.449 e. The molecule has 118 valence electrons. The van der Waals surface area contributed by atoms with E-state index in [0.29, 0.717) is 4.57 Å². The number of nitrogen functional groups attached to an aromatic ring is 1. The number of amides is 1. The molecule has 6 nitrogen and oxygen atoms in total. The van der Waals surface area contributed by atoms with Crippen molar-refractivity contribution in [3.05, 3.63) is 34.4 Å². The molecule has 0 spiro atoms. The maximum atomic E-state index is 13.1. The van der Waals surface area contributed by atoms with E-state index in [0.717, 1.165) is 0 Å². The quantitative estimate of drug-likeness (QED) is 0.831. The first-order valence-corrected chi connectivity index (χ1v) is 6.32. The normalized spacial score (nSPS) is 11.6. The van der Waals surface area contributed by atoms with E-state index in [4.69, 9.17) is 5.73 Å². The number of aromatic nitrogens is 2. The van der Waals surface area contributed by atoms with Gasteiger partial charge in [-0.05, 0) is 18.2 Å². The lowest BCUT2D eigenvalue weighted by molar-refractivity contribution is -0.147. The molecule has 0 saturated carbocycles. The van der Waals surface area contributed by atoms with Crippen LogP contribution in [-0.4, -0.2) is 22.0 Å². The number of alkyl halides is 3. The predicted molar refractivity (Wildman–Crippen MR) is 74.1 cm³/mol. The van der Waals surface area contributed by atoms with Crippen molar-refractivity contribution in [2.45, 2.75) is 19.6 Å². The van der Waals surface area contributed by atoms with Crippen molar-refractivity contribution in [3.63, 3.8) is 0 Å². The van der Waals surface area contributed by atoms with Crippen LogP contribution in [0, 0.1) is 0 Å². The lowest BCUT2D eigenvalue weighted by Crippen LogP contribution is -2.34. The van der Waals surface area contributed by atoms with Crippen LogP contribution in [0.4, 0.5) is 18.9 Å². The van der Waals surface area contributed by atoms with Crippen molar-refractivity contribution in [1.29, 1.82) is 0 Å². The Hall–Kier alpha value is -2.58. The van der Waals surface area contributed by atoms with Crippen LogP contribution in [0.15, 0.2) is 23.0 Å². The van der Waals surface area contributed by atoms with Crippen molar-refractivity contribution in [1.82, 2.24) is 14.9 Å². The molecule has 0 radical (unpaired) electrons. The van der Waals surface area contributed by atoms with Gasteiger partial charge in [0, 0.05) is 25.7 Å². The Bertz CT molecular complexity index is 783. The lowest BCUT2D eigenvalue weighted by Gasteiger charge is -2.15. The molecule has 2 rings (SSSR count). The molecular formula is C13H13F3N4O2. The van der Waals surface area contributed by atoms with Gasteiger partial charge in [-0.25, -0.2) is 4.98 Å². The molecule has 0 fully saturated rings. The molecule has 1 aromatic heterocycles. The fourth-order valence-electron chi connectivity index (χ4n) is 2.01. The molecule has 22 heavy (non-hydrogen) atoms. The molecule has 3 N–H and O–H groups in total. The standard InChI is InChI=1S/C13H13F3N4O2/c1-7(21)18-4-5-20-11(22)9-6-8(17)2-3-10(9)19-12(20)13(14,15)16/h2-3,6H,4-5,17H2,1H3,(H,18,21). The number of fused-ring (bicyclic) bond motifs is 1. The zero-order valence-corrected chi connectivity index (χ0v) is 11.6. The SMILES string of the molecule is CC(=O)NCCn1c(C(F)(F)F)nc2ccc(N)cc2c1=O. The Kier molecular flexibility index (Phi) is 4.07. The molecule has 0 atom stereocenters. The van der Waals surface area contributed by atoms with Crippen LogP contribution in [0.1, 0.15) is 12.7 Å². The van der Waals surface area contributed by atoms with Crippen LogP contribution < -0.4 is 16.6 Å². The topological polar surface area (TPSA) is 90.0 Å².